The van der Waals surface area contributed by atoms with Crippen molar-refractivity contribution in [2.45, 2.75) is 231 Å². The molecule has 0 radical (unpaired) electrons. The van der Waals surface area contributed by atoms with Gasteiger partial charge in [-0.1, -0.05) is 205 Å². The lowest BCUT2D eigenvalue weighted by atomic mass is 10.0. The Balaban J connectivity index is 3.61. The van der Waals surface area contributed by atoms with E-state index in [1.807, 2.05) is 6.08 Å². The molecule has 0 bridgehead atoms. The van der Waals surface area contributed by atoms with E-state index in [-0.39, 0.29) is 12.5 Å². The van der Waals surface area contributed by atoms with Crippen molar-refractivity contribution in [1.82, 2.24) is 5.32 Å². The molecule has 4 nitrogen and oxygen atoms in total. The van der Waals surface area contributed by atoms with E-state index in [9.17, 15) is 15.0 Å². The van der Waals surface area contributed by atoms with Gasteiger partial charge in [0.15, 0.2) is 0 Å². The zero-order valence-corrected chi connectivity index (χ0v) is 31.1. The van der Waals surface area contributed by atoms with Gasteiger partial charge in [-0.05, 0) is 32.1 Å². The number of allylic oxidation sites excluding steroid dienone is 3. The second kappa shape index (κ2) is 38.3. The van der Waals surface area contributed by atoms with E-state index in [0.29, 0.717) is 6.42 Å². The van der Waals surface area contributed by atoms with Crippen LogP contribution in [0.1, 0.15) is 219 Å². The molecule has 2 atom stereocenters. The zero-order valence-electron chi connectivity index (χ0n) is 31.1. The van der Waals surface area contributed by atoms with Crippen LogP contribution in [0.15, 0.2) is 24.3 Å². The van der Waals surface area contributed by atoms with Gasteiger partial charge in [-0.3, -0.25) is 4.79 Å². The molecule has 0 aliphatic rings. The molecule has 0 rings (SSSR count). The Morgan fingerprint density at radius 2 is 0.848 bits per heavy atom. The first-order valence-corrected chi connectivity index (χ1v) is 20.6. The highest BCUT2D eigenvalue weighted by atomic mass is 16.3. The van der Waals surface area contributed by atoms with Gasteiger partial charge in [0.1, 0.15) is 0 Å². The smallest absolute Gasteiger partial charge is 0.220 e. The molecule has 0 aromatic rings. The number of rotatable bonds is 37. The van der Waals surface area contributed by atoms with Crippen molar-refractivity contribution in [2.75, 3.05) is 6.61 Å². The largest absolute Gasteiger partial charge is 0.394 e. The first-order valence-electron chi connectivity index (χ1n) is 20.6. The molecule has 1 amide bonds. The van der Waals surface area contributed by atoms with Gasteiger partial charge in [-0.2, -0.15) is 0 Å². The molecule has 0 saturated carbocycles. The molecular weight excluding hydrogens is 566 g/mol. The van der Waals surface area contributed by atoms with Gasteiger partial charge in [-0.25, -0.2) is 0 Å². The van der Waals surface area contributed by atoms with E-state index in [1.165, 1.54) is 167 Å². The number of hydrogen-bond acceptors (Lipinski definition) is 3. The Kier molecular flexibility index (Phi) is 37.4. The number of nitrogens with one attached hydrogen (secondary N) is 1. The van der Waals surface area contributed by atoms with E-state index >= 15 is 0 Å². The minimum atomic E-state index is -0.857. The maximum atomic E-state index is 12.3. The highest BCUT2D eigenvalue weighted by Crippen LogP contribution is 2.15. The molecule has 272 valence electrons. The van der Waals surface area contributed by atoms with Gasteiger partial charge in [0.2, 0.25) is 5.91 Å². The molecule has 0 spiro atoms. The zero-order chi connectivity index (χ0) is 33.6. The summed E-state index contributed by atoms with van der Waals surface area (Å²) in [6.45, 7) is 4.30. The van der Waals surface area contributed by atoms with Crippen molar-refractivity contribution < 1.29 is 15.0 Å². The number of unbranched alkanes of at least 4 members (excludes halogenated alkanes) is 28. The van der Waals surface area contributed by atoms with Gasteiger partial charge >= 0.3 is 0 Å². The van der Waals surface area contributed by atoms with Gasteiger partial charge in [0, 0.05) is 6.42 Å². The summed E-state index contributed by atoms with van der Waals surface area (Å²) >= 11 is 0. The van der Waals surface area contributed by atoms with Crippen molar-refractivity contribution in [3.8, 4) is 0 Å². The lowest BCUT2D eigenvalue weighted by molar-refractivity contribution is -0.123. The summed E-state index contributed by atoms with van der Waals surface area (Å²) in [6.07, 6.45) is 48.5. The predicted octanol–water partition coefficient (Wildman–Crippen LogP) is 12.5. The van der Waals surface area contributed by atoms with Gasteiger partial charge in [0.25, 0.3) is 0 Å². The molecule has 46 heavy (non-hydrogen) atoms. The lowest BCUT2D eigenvalue weighted by Crippen LogP contribution is -2.45. The quantitative estimate of drug-likeness (QED) is 0.0464. The van der Waals surface area contributed by atoms with Gasteiger partial charge in [-0.15, -0.1) is 0 Å². The monoisotopic (exact) mass is 648 g/mol. The molecule has 0 aliphatic carbocycles. The minimum absolute atomic E-state index is 0.0715. The molecule has 3 N–H and O–H groups in total. The number of amides is 1. The summed E-state index contributed by atoms with van der Waals surface area (Å²) in [7, 11) is 0. The lowest BCUT2D eigenvalue weighted by Gasteiger charge is -2.19. The van der Waals surface area contributed by atoms with E-state index in [4.69, 9.17) is 0 Å². The van der Waals surface area contributed by atoms with E-state index in [1.54, 1.807) is 6.08 Å². The summed E-state index contributed by atoms with van der Waals surface area (Å²) in [5, 5.41) is 22.9. The van der Waals surface area contributed by atoms with Crippen LogP contribution < -0.4 is 5.32 Å². The second-order valence-corrected chi connectivity index (χ2v) is 14.1. The molecule has 0 unspecified atom stereocenters. The molecule has 0 aromatic carbocycles. The molecular formula is C42H81NO3. The third-order valence-corrected chi connectivity index (χ3v) is 9.44. The predicted molar refractivity (Wildman–Crippen MR) is 202 cm³/mol. The van der Waals surface area contributed by atoms with Crippen LogP contribution in [-0.4, -0.2) is 34.9 Å². The summed E-state index contributed by atoms with van der Waals surface area (Å²) in [5.41, 5.74) is 0. The Labute approximate surface area is 288 Å². The van der Waals surface area contributed by atoms with Crippen LogP contribution in [0.5, 0.6) is 0 Å². The van der Waals surface area contributed by atoms with Crippen LogP contribution in [0, 0.1) is 0 Å². The summed E-state index contributed by atoms with van der Waals surface area (Å²) in [5.74, 6) is -0.0715. The van der Waals surface area contributed by atoms with Crippen molar-refractivity contribution in [3.63, 3.8) is 0 Å². The van der Waals surface area contributed by atoms with Crippen LogP contribution >= 0.6 is 0 Å². The van der Waals surface area contributed by atoms with Crippen LogP contribution in [0.25, 0.3) is 0 Å². The first-order chi connectivity index (χ1) is 22.7. The fraction of sp³-hybridized carbons (Fsp3) is 0.881. The van der Waals surface area contributed by atoms with Crippen LogP contribution in [0.2, 0.25) is 0 Å². The molecule has 0 saturated heterocycles. The molecule has 0 fully saturated rings. The van der Waals surface area contributed by atoms with Crippen molar-refractivity contribution >= 4 is 5.91 Å². The first kappa shape index (κ1) is 44.9. The maximum Gasteiger partial charge on any atom is 0.220 e. The molecule has 0 heterocycles. The Bertz CT molecular complexity index is 661. The summed E-state index contributed by atoms with van der Waals surface area (Å²) in [4.78, 5) is 12.3. The van der Waals surface area contributed by atoms with Gasteiger partial charge in [0.05, 0.1) is 18.8 Å². The normalized spacial score (nSPS) is 13.2. The fourth-order valence-electron chi connectivity index (χ4n) is 6.25. The number of carbonyl (C=O) groups excluding carboxylic acids is 1. The van der Waals surface area contributed by atoms with E-state index in [0.717, 1.165) is 32.1 Å². The molecule has 0 aromatic heterocycles. The highest BCUT2D eigenvalue weighted by Gasteiger charge is 2.17. The van der Waals surface area contributed by atoms with Crippen molar-refractivity contribution in [2.24, 2.45) is 0 Å². The Hall–Kier alpha value is -1.13. The standard InChI is InChI=1S/C42H81NO3/c1-3-5-7-9-11-13-15-17-19-21-23-25-27-29-31-33-35-37-41(45)40(39-44)43-42(46)38-36-34-32-30-28-26-24-22-20-18-16-14-12-10-8-6-4-2/h27,29,35,37,40-41,44-45H,3-26,28,30-34,36,38-39H2,1-2H3,(H,43,46)/b29-27+,37-35+/t40-,41+/m0/s1. The Morgan fingerprint density at radius 3 is 1.26 bits per heavy atom. The van der Waals surface area contributed by atoms with Crippen LogP contribution in [0.3, 0.4) is 0 Å². The average molecular weight is 648 g/mol. The number of aliphatic hydroxyl groups is 2. The molecule has 4 heteroatoms. The minimum Gasteiger partial charge on any atom is -0.394 e. The number of carbonyl (C=O) groups is 1. The fourth-order valence-corrected chi connectivity index (χ4v) is 6.25. The number of aliphatic hydroxyl groups excluding tert-OH is 2. The highest BCUT2D eigenvalue weighted by molar-refractivity contribution is 5.76. The SMILES string of the molecule is CCCCCCCCCCCCC/C=C/CC/C=C/[C@@H](O)[C@H](CO)NC(=O)CCCCCCCCCCCCCCCCCCC. The number of hydrogen-bond donors (Lipinski definition) is 3. The van der Waals surface area contributed by atoms with E-state index < -0.39 is 12.1 Å². The average Bonchev–Trinajstić information content (AvgIpc) is 3.06. The van der Waals surface area contributed by atoms with Crippen LogP contribution in [0.4, 0.5) is 0 Å². The maximum absolute atomic E-state index is 12.3. The topological polar surface area (TPSA) is 69.6 Å². The third kappa shape index (κ3) is 34.2. The van der Waals surface area contributed by atoms with E-state index in [2.05, 4.69) is 31.3 Å². The Morgan fingerprint density at radius 1 is 0.500 bits per heavy atom. The van der Waals surface area contributed by atoms with Crippen molar-refractivity contribution in [3.05, 3.63) is 24.3 Å². The third-order valence-electron chi connectivity index (χ3n) is 9.44. The summed E-state index contributed by atoms with van der Waals surface area (Å²) in [6, 6.07) is -0.633. The van der Waals surface area contributed by atoms with Crippen LogP contribution in [-0.2, 0) is 4.79 Å². The van der Waals surface area contributed by atoms with Gasteiger partial charge < -0.3 is 15.5 Å². The second-order valence-electron chi connectivity index (χ2n) is 14.1. The summed E-state index contributed by atoms with van der Waals surface area (Å²) < 4.78 is 0. The van der Waals surface area contributed by atoms with Crippen molar-refractivity contribution in [1.29, 1.82) is 0 Å². The molecule has 0 aliphatic heterocycles.